The van der Waals surface area contributed by atoms with Crippen LogP contribution in [0.15, 0.2) is 12.4 Å². The third-order valence-electron chi connectivity index (χ3n) is 3.94. The van der Waals surface area contributed by atoms with Crippen LogP contribution in [0, 0.1) is 5.92 Å². The minimum atomic E-state index is 0.0422. The van der Waals surface area contributed by atoms with Gasteiger partial charge in [-0.2, -0.15) is 5.10 Å². The largest absolute Gasteiger partial charge is 0.383 e. The van der Waals surface area contributed by atoms with Gasteiger partial charge in [-0.05, 0) is 31.8 Å². The molecule has 0 atom stereocenters. The molecule has 0 saturated carbocycles. The molecule has 6 nitrogen and oxygen atoms in total. The third kappa shape index (κ3) is 4.05. The topological polar surface area (TPSA) is 61.5 Å². The number of nitrogens with zero attached hydrogens (tertiary/aromatic N) is 3. The molecule has 0 spiro atoms. The molecule has 1 fully saturated rings. The molecule has 1 aromatic heterocycles. The molecule has 20 heavy (non-hydrogen) atoms. The van der Waals surface area contributed by atoms with Crippen molar-refractivity contribution in [3.63, 3.8) is 0 Å². The number of carbonyl (C=O) groups excluding carboxylic acids is 1. The van der Waals surface area contributed by atoms with Gasteiger partial charge in [0, 0.05) is 33.4 Å². The fourth-order valence-electron chi connectivity index (χ4n) is 2.67. The summed E-state index contributed by atoms with van der Waals surface area (Å²) in [6, 6.07) is 0. The second-order valence-corrected chi connectivity index (χ2v) is 5.45. The number of hydrogen-bond acceptors (Lipinski definition) is 4. The maximum atomic E-state index is 12.1. The van der Waals surface area contributed by atoms with Crippen LogP contribution in [0.3, 0.4) is 0 Å². The van der Waals surface area contributed by atoms with Gasteiger partial charge in [-0.25, -0.2) is 0 Å². The van der Waals surface area contributed by atoms with Gasteiger partial charge in [0.25, 0.3) is 5.91 Å². The zero-order chi connectivity index (χ0) is 14.4. The smallest absolute Gasteiger partial charge is 0.256 e. The van der Waals surface area contributed by atoms with Crippen LogP contribution in [0.25, 0.3) is 0 Å². The van der Waals surface area contributed by atoms with E-state index in [2.05, 4.69) is 15.1 Å². The average Bonchev–Trinajstić information content (AvgIpc) is 3.00. The van der Waals surface area contributed by atoms with E-state index in [9.17, 15) is 4.79 Å². The summed E-state index contributed by atoms with van der Waals surface area (Å²) in [6.45, 7) is 4.82. The molecule has 1 saturated heterocycles. The quantitative estimate of drug-likeness (QED) is 0.839. The molecule has 6 heteroatoms. The molecule has 1 aliphatic heterocycles. The maximum absolute atomic E-state index is 12.1. The second kappa shape index (κ2) is 7.40. The summed E-state index contributed by atoms with van der Waals surface area (Å²) in [5, 5.41) is 6.50. The Labute approximate surface area is 120 Å². The van der Waals surface area contributed by atoms with E-state index in [1.807, 2.05) is 7.05 Å². The van der Waals surface area contributed by atoms with Crippen molar-refractivity contribution in [2.75, 3.05) is 46.9 Å². The minimum absolute atomic E-state index is 0.0422. The summed E-state index contributed by atoms with van der Waals surface area (Å²) in [6.07, 6.45) is 5.51. The fourth-order valence-corrected chi connectivity index (χ4v) is 2.67. The van der Waals surface area contributed by atoms with Crippen LogP contribution >= 0.6 is 0 Å². The van der Waals surface area contributed by atoms with Crippen molar-refractivity contribution < 1.29 is 9.53 Å². The van der Waals surface area contributed by atoms with Crippen molar-refractivity contribution in [2.45, 2.75) is 12.8 Å². The van der Waals surface area contributed by atoms with Crippen molar-refractivity contribution in [3.8, 4) is 0 Å². The van der Waals surface area contributed by atoms with Gasteiger partial charge in [-0.1, -0.05) is 0 Å². The molecule has 0 aliphatic carbocycles. The number of nitrogens with one attached hydrogen (secondary N) is 1. The molecule has 2 rings (SSSR count). The van der Waals surface area contributed by atoms with Gasteiger partial charge < -0.3 is 14.5 Å². The predicted molar refractivity (Wildman–Crippen MR) is 76.6 cm³/mol. The first kappa shape index (κ1) is 15.0. The van der Waals surface area contributed by atoms with E-state index in [-0.39, 0.29) is 5.91 Å². The first-order valence-electron chi connectivity index (χ1n) is 7.16. The molecule has 0 aromatic carbocycles. The summed E-state index contributed by atoms with van der Waals surface area (Å²) in [7, 11) is 3.61. The molecule has 1 aliphatic rings. The van der Waals surface area contributed by atoms with E-state index in [1.54, 1.807) is 24.4 Å². The second-order valence-electron chi connectivity index (χ2n) is 5.45. The van der Waals surface area contributed by atoms with Crippen LogP contribution in [-0.4, -0.2) is 72.8 Å². The zero-order valence-electron chi connectivity index (χ0n) is 12.3. The number of ether oxygens (including phenoxy) is 1. The average molecular weight is 280 g/mol. The number of amides is 1. The Morgan fingerprint density at radius 3 is 2.90 bits per heavy atom. The number of carbonyl (C=O) groups is 1. The van der Waals surface area contributed by atoms with Crippen LogP contribution in [0.5, 0.6) is 0 Å². The normalized spacial score (nSPS) is 17.3. The number of rotatable bonds is 6. The summed E-state index contributed by atoms with van der Waals surface area (Å²) in [5.41, 5.74) is 0.630. The number of H-pyrrole nitrogens is 1. The Kier molecular flexibility index (Phi) is 5.55. The Morgan fingerprint density at radius 1 is 1.55 bits per heavy atom. The fraction of sp³-hybridized carbons (Fsp3) is 0.714. The van der Waals surface area contributed by atoms with E-state index >= 15 is 0 Å². The Balaban J connectivity index is 1.73. The Morgan fingerprint density at radius 2 is 2.30 bits per heavy atom. The van der Waals surface area contributed by atoms with Crippen LogP contribution < -0.4 is 0 Å². The lowest BCUT2D eigenvalue weighted by Gasteiger charge is -2.33. The Bertz CT molecular complexity index is 399. The van der Waals surface area contributed by atoms with E-state index in [0.717, 1.165) is 45.6 Å². The summed E-state index contributed by atoms with van der Waals surface area (Å²) in [4.78, 5) is 16.4. The molecule has 112 valence electrons. The zero-order valence-corrected chi connectivity index (χ0v) is 12.3. The highest BCUT2D eigenvalue weighted by molar-refractivity contribution is 5.93. The van der Waals surface area contributed by atoms with Gasteiger partial charge in [-0.15, -0.1) is 0 Å². The summed E-state index contributed by atoms with van der Waals surface area (Å²) in [5.74, 6) is 0.634. The minimum Gasteiger partial charge on any atom is -0.383 e. The highest BCUT2D eigenvalue weighted by atomic mass is 16.5. The standard InChI is InChI=1S/C14H24N4O2/c1-17(14(19)13-9-15-16-10-13)11-12-3-5-18(6-4-12)7-8-20-2/h9-10,12H,3-8,11H2,1-2H3,(H,15,16). The molecule has 1 N–H and O–H groups in total. The highest BCUT2D eigenvalue weighted by Gasteiger charge is 2.22. The molecular weight excluding hydrogens is 256 g/mol. The number of hydrogen-bond donors (Lipinski definition) is 1. The van der Waals surface area contributed by atoms with Gasteiger partial charge in [-0.3, -0.25) is 9.89 Å². The molecule has 2 heterocycles. The van der Waals surface area contributed by atoms with E-state index in [1.165, 1.54) is 0 Å². The first-order chi connectivity index (χ1) is 9.70. The van der Waals surface area contributed by atoms with Crippen LogP contribution in [0.4, 0.5) is 0 Å². The molecular formula is C14H24N4O2. The summed E-state index contributed by atoms with van der Waals surface area (Å²) >= 11 is 0. The van der Waals surface area contributed by atoms with Crippen LogP contribution in [-0.2, 0) is 4.74 Å². The number of aromatic nitrogens is 2. The predicted octanol–water partition coefficient (Wildman–Crippen LogP) is 0.840. The van der Waals surface area contributed by atoms with E-state index in [4.69, 9.17) is 4.74 Å². The van der Waals surface area contributed by atoms with Crippen molar-refractivity contribution in [3.05, 3.63) is 18.0 Å². The van der Waals surface area contributed by atoms with Crippen LogP contribution in [0.1, 0.15) is 23.2 Å². The number of methoxy groups -OCH3 is 1. The van der Waals surface area contributed by atoms with Crippen molar-refractivity contribution in [1.82, 2.24) is 20.0 Å². The molecule has 0 unspecified atom stereocenters. The summed E-state index contributed by atoms with van der Waals surface area (Å²) < 4.78 is 5.11. The molecule has 0 radical (unpaired) electrons. The van der Waals surface area contributed by atoms with Crippen molar-refractivity contribution >= 4 is 5.91 Å². The molecule has 0 bridgehead atoms. The van der Waals surface area contributed by atoms with Gasteiger partial charge >= 0.3 is 0 Å². The third-order valence-corrected chi connectivity index (χ3v) is 3.94. The lowest BCUT2D eigenvalue weighted by molar-refractivity contribution is 0.0724. The van der Waals surface area contributed by atoms with E-state index < -0.39 is 0 Å². The van der Waals surface area contributed by atoms with Crippen LogP contribution in [0.2, 0.25) is 0 Å². The SMILES string of the molecule is COCCN1CCC(CN(C)C(=O)c2cn[nH]c2)CC1. The maximum Gasteiger partial charge on any atom is 0.256 e. The van der Waals surface area contributed by atoms with Gasteiger partial charge in [0.05, 0.1) is 18.4 Å². The van der Waals surface area contributed by atoms with Gasteiger partial charge in [0.2, 0.25) is 0 Å². The van der Waals surface area contributed by atoms with E-state index in [0.29, 0.717) is 11.5 Å². The van der Waals surface area contributed by atoms with Crippen molar-refractivity contribution in [2.24, 2.45) is 5.92 Å². The highest BCUT2D eigenvalue weighted by Crippen LogP contribution is 2.18. The molecule has 1 aromatic rings. The first-order valence-corrected chi connectivity index (χ1v) is 7.16. The number of likely N-dealkylation sites (tertiary alicyclic amines) is 1. The molecule has 1 amide bonds. The number of piperidine rings is 1. The lowest BCUT2D eigenvalue weighted by Crippen LogP contribution is -2.40. The monoisotopic (exact) mass is 280 g/mol. The number of aromatic amines is 1. The van der Waals surface area contributed by atoms with Crippen molar-refractivity contribution in [1.29, 1.82) is 0 Å². The van der Waals surface area contributed by atoms with Gasteiger partial charge in [0.1, 0.15) is 0 Å². The van der Waals surface area contributed by atoms with Gasteiger partial charge in [0.15, 0.2) is 0 Å². The lowest BCUT2D eigenvalue weighted by atomic mass is 9.96. The Hall–Kier alpha value is -1.40.